The van der Waals surface area contributed by atoms with Crippen molar-refractivity contribution in [3.05, 3.63) is 42.0 Å². The fourth-order valence-electron chi connectivity index (χ4n) is 3.49. The van der Waals surface area contributed by atoms with E-state index >= 15 is 0 Å². The number of amides is 1. The Hall–Kier alpha value is -3.22. The van der Waals surface area contributed by atoms with E-state index in [1.165, 1.54) is 6.42 Å². The largest absolute Gasteiger partial charge is 0.491 e. The van der Waals surface area contributed by atoms with Crippen LogP contribution >= 0.6 is 0 Å². The number of anilines is 1. The summed E-state index contributed by atoms with van der Waals surface area (Å²) in [6, 6.07) is 10.8. The maximum Gasteiger partial charge on any atom is 0.257 e. The highest BCUT2D eigenvalue weighted by Gasteiger charge is 2.18. The second-order valence-electron chi connectivity index (χ2n) is 8.05. The molecule has 30 heavy (non-hydrogen) atoms. The number of rotatable bonds is 8. The summed E-state index contributed by atoms with van der Waals surface area (Å²) in [4.78, 5) is 12.6. The Morgan fingerprint density at radius 2 is 1.97 bits per heavy atom. The molecule has 2 heterocycles. The second-order valence-corrected chi connectivity index (χ2v) is 8.05. The molecule has 0 fully saturated rings. The van der Waals surface area contributed by atoms with Crippen LogP contribution in [0.5, 0.6) is 17.2 Å². The van der Waals surface area contributed by atoms with Gasteiger partial charge in [0.2, 0.25) is 6.79 Å². The van der Waals surface area contributed by atoms with Gasteiger partial charge in [-0.3, -0.25) is 9.89 Å². The summed E-state index contributed by atoms with van der Waals surface area (Å²) in [7, 11) is 0. The van der Waals surface area contributed by atoms with E-state index < -0.39 is 0 Å². The Morgan fingerprint density at radius 3 is 2.80 bits per heavy atom. The van der Waals surface area contributed by atoms with Crippen molar-refractivity contribution in [3.63, 3.8) is 0 Å². The molecule has 1 aliphatic heterocycles. The summed E-state index contributed by atoms with van der Waals surface area (Å²) >= 11 is 0. The molecule has 1 unspecified atom stereocenters. The van der Waals surface area contributed by atoms with Crippen LogP contribution in [-0.4, -0.2) is 29.0 Å². The lowest BCUT2D eigenvalue weighted by atomic mass is 10.0. The van der Waals surface area contributed by atoms with Crippen molar-refractivity contribution in [1.82, 2.24) is 10.2 Å². The number of carbonyl (C=O) groups excluding carboxylic acids is 1. The Labute approximate surface area is 175 Å². The zero-order chi connectivity index (χ0) is 21.1. The lowest BCUT2D eigenvalue weighted by Gasteiger charge is -2.15. The van der Waals surface area contributed by atoms with E-state index in [1.54, 1.807) is 18.2 Å². The molecule has 7 nitrogen and oxygen atoms in total. The van der Waals surface area contributed by atoms with Gasteiger partial charge in [-0.05, 0) is 56.0 Å². The van der Waals surface area contributed by atoms with Crippen LogP contribution < -0.4 is 19.5 Å². The number of benzene rings is 2. The third kappa shape index (κ3) is 4.50. The van der Waals surface area contributed by atoms with Gasteiger partial charge in [-0.1, -0.05) is 20.3 Å². The van der Waals surface area contributed by atoms with Crippen molar-refractivity contribution in [2.24, 2.45) is 5.92 Å². The monoisotopic (exact) mass is 409 g/mol. The number of nitrogens with one attached hydrogen (secondary N) is 2. The van der Waals surface area contributed by atoms with Gasteiger partial charge < -0.3 is 19.5 Å². The van der Waals surface area contributed by atoms with Gasteiger partial charge in [0.1, 0.15) is 5.75 Å². The third-order valence-electron chi connectivity index (χ3n) is 5.13. The van der Waals surface area contributed by atoms with Gasteiger partial charge in [0.15, 0.2) is 17.3 Å². The lowest BCUT2D eigenvalue weighted by Crippen LogP contribution is -2.12. The summed E-state index contributed by atoms with van der Waals surface area (Å²) < 4.78 is 16.7. The van der Waals surface area contributed by atoms with Crippen LogP contribution in [0, 0.1) is 5.92 Å². The molecule has 7 heteroatoms. The smallest absolute Gasteiger partial charge is 0.257 e. The number of hydrogen-bond donors (Lipinski definition) is 2. The van der Waals surface area contributed by atoms with Gasteiger partial charge in [-0.15, -0.1) is 0 Å². The van der Waals surface area contributed by atoms with Gasteiger partial charge in [-0.2, -0.15) is 5.10 Å². The first-order valence-corrected chi connectivity index (χ1v) is 10.4. The molecule has 2 aromatic carbocycles. The molecule has 1 aliphatic rings. The summed E-state index contributed by atoms with van der Waals surface area (Å²) in [5.74, 6) is 2.92. The Balaban J connectivity index is 1.41. The van der Waals surface area contributed by atoms with Crippen LogP contribution in [0.4, 0.5) is 5.82 Å². The van der Waals surface area contributed by atoms with E-state index in [0.717, 1.165) is 29.5 Å². The number of aromatic nitrogens is 2. The first-order chi connectivity index (χ1) is 14.5. The van der Waals surface area contributed by atoms with E-state index in [4.69, 9.17) is 14.2 Å². The van der Waals surface area contributed by atoms with Crippen molar-refractivity contribution < 1.29 is 19.0 Å². The lowest BCUT2D eigenvalue weighted by molar-refractivity contribution is 0.102. The highest BCUT2D eigenvalue weighted by atomic mass is 16.7. The Morgan fingerprint density at radius 1 is 1.13 bits per heavy atom. The van der Waals surface area contributed by atoms with Crippen molar-refractivity contribution >= 4 is 22.6 Å². The summed E-state index contributed by atoms with van der Waals surface area (Å²) in [6.45, 7) is 6.74. The zero-order valence-corrected chi connectivity index (χ0v) is 17.5. The number of fused-ring (bicyclic) bond motifs is 2. The Bertz CT molecular complexity index is 1040. The molecule has 1 atom stereocenters. The van der Waals surface area contributed by atoms with Crippen LogP contribution in [0.2, 0.25) is 0 Å². The number of ether oxygens (including phenoxy) is 3. The minimum absolute atomic E-state index is 0.148. The molecule has 4 rings (SSSR count). The molecule has 0 bridgehead atoms. The number of aromatic amines is 1. The molecule has 0 spiro atoms. The van der Waals surface area contributed by atoms with Crippen LogP contribution in [-0.2, 0) is 0 Å². The molecule has 0 saturated carbocycles. The Kier molecular flexibility index (Phi) is 5.79. The van der Waals surface area contributed by atoms with Crippen molar-refractivity contribution in [2.45, 2.75) is 46.1 Å². The second kappa shape index (κ2) is 8.65. The predicted octanol–water partition coefficient (Wildman–Crippen LogP) is 5.14. The van der Waals surface area contributed by atoms with E-state index in [2.05, 4.69) is 36.3 Å². The fraction of sp³-hybridized carbons (Fsp3) is 0.391. The average molecular weight is 409 g/mol. The molecular weight excluding hydrogens is 382 g/mol. The maximum atomic E-state index is 12.6. The van der Waals surface area contributed by atoms with E-state index in [0.29, 0.717) is 28.8 Å². The van der Waals surface area contributed by atoms with E-state index in [9.17, 15) is 4.79 Å². The number of hydrogen-bond acceptors (Lipinski definition) is 5. The van der Waals surface area contributed by atoms with Crippen LogP contribution in [0.25, 0.3) is 10.9 Å². The number of H-pyrrole nitrogens is 1. The SMILES string of the molecule is CC(C)CCCC(C)Oc1ccc2c(NC(=O)c3ccc4c(c3)OCO4)n[nH]c2c1. The minimum atomic E-state index is -0.263. The summed E-state index contributed by atoms with van der Waals surface area (Å²) in [5, 5.41) is 10.9. The zero-order valence-electron chi connectivity index (χ0n) is 17.5. The highest BCUT2D eigenvalue weighted by molar-refractivity contribution is 6.08. The van der Waals surface area contributed by atoms with Crippen molar-refractivity contribution in [3.8, 4) is 17.2 Å². The minimum Gasteiger partial charge on any atom is -0.491 e. The van der Waals surface area contributed by atoms with Gasteiger partial charge in [0.05, 0.1) is 11.6 Å². The third-order valence-corrected chi connectivity index (χ3v) is 5.13. The maximum absolute atomic E-state index is 12.6. The van der Waals surface area contributed by atoms with E-state index in [1.807, 2.05) is 18.2 Å². The molecule has 0 aliphatic carbocycles. The van der Waals surface area contributed by atoms with Gasteiger partial charge in [-0.25, -0.2) is 0 Å². The molecule has 1 amide bonds. The van der Waals surface area contributed by atoms with Crippen LogP contribution in [0.15, 0.2) is 36.4 Å². The molecular formula is C23H27N3O4. The molecule has 3 aromatic rings. The highest BCUT2D eigenvalue weighted by Crippen LogP contribution is 2.33. The normalized spacial score (nSPS) is 13.6. The van der Waals surface area contributed by atoms with Crippen LogP contribution in [0.3, 0.4) is 0 Å². The van der Waals surface area contributed by atoms with Crippen molar-refractivity contribution in [2.75, 3.05) is 12.1 Å². The standard InChI is InChI=1S/C23H27N3O4/c1-14(2)5-4-6-15(3)30-17-8-9-18-19(12-17)25-26-22(18)24-23(27)16-7-10-20-21(11-16)29-13-28-20/h7-12,14-15H,4-6,13H2,1-3H3,(H2,24,25,26,27). The summed E-state index contributed by atoms with van der Waals surface area (Å²) in [5.41, 5.74) is 1.29. The fourth-order valence-corrected chi connectivity index (χ4v) is 3.49. The molecule has 158 valence electrons. The van der Waals surface area contributed by atoms with Crippen LogP contribution in [0.1, 0.15) is 50.4 Å². The average Bonchev–Trinajstić information content (AvgIpc) is 3.33. The van der Waals surface area contributed by atoms with Gasteiger partial charge in [0.25, 0.3) is 5.91 Å². The number of carbonyl (C=O) groups is 1. The first-order valence-electron chi connectivity index (χ1n) is 10.4. The molecule has 0 saturated heterocycles. The molecule has 1 aromatic heterocycles. The van der Waals surface area contributed by atoms with Gasteiger partial charge >= 0.3 is 0 Å². The van der Waals surface area contributed by atoms with E-state index in [-0.39, 0.29) is 18.8 Å². The first kappa shape index (κ1) is 20.1. The molecule has 0 radical (unpaired) electrons. The van der Waals surface area contributed by atoms with Crippen molar-refractivity contribution in [1.29, 1.82) is 0 Å². The quantitative estimate of drug-likeness (QED) is 0.538. The topological polar surface area (TPSA) is 85.5 Å². The number of nitrogens with zero attached hydrogens (tertiary/aromatic N) is 1. The van der Waals surface area contributed by atoms with Gasteiger partial charge in [0, 0.05) is 17.0 Å². The molecule has 2 N–H and O–H groups in total. The predicted molar refractivity (Wildman–Crippen MR) is 115 cm³/mol. The summed E-state index contributed by atoms with van der Waals surface area (Å²) in [6.07, 6.45) is 3.53.